The topological polar surface area (TPSA) is 166 Å². The monoisotopic (exact) mass is 378 g/mol. The summed E-state index contributed by atoms with van der Waals surface area (Å²) in [6.45, 7) is 0.639. The van der Waals surface area contributed by atoms with Crippen LogP contribution in [0.25, 0.3) is 0 Å². The molecular formula is C16H18N4O7. The number of nitrogen functional groups attached to an aromatic ring is 2. The molecule has 0 atom stereocenters. The predicted molar refractivity (Wildman–Crippen MR) is 96.8 cm³/mol. The zero-order chi connectivity index (χ0) is 19.8. The number of nitro groups is 2. The van der Waals surface area contributed by atoms with Crippen molar-refractivity contribution >= 4 is 22.7 Å². The minimum absolute atomic E-state index is 0.122. The number of rotatable bonds is 10. The fraction of sp³-hybridized carbons (Fsp3) is 0.250. The molecule has 4 N–H and O–H groups in total. The van der Waals surface area contributed by atoms with Gasteiger partial charge in [0.2, 0.25) is 0 Å². The van der Waals surface area contributed by atoms with Crippen molar-refractivity contribution in [2.24, 2.45) is 0 Å². The van der Waals surface area contributed by atoms with Crippen LogP contribution in [0.15, 0.2) is 36.4 Å². The van der Waals surface area contributed by atoms with Gasteiger partial charge in [0, 0.05) is 12.1 Å². The van der Waals surface area contributed by atoms with Crippen LogP contribution in [0.2, 0.25) is 0 Å². The third kappa shape index (κ3) is 5.71. The summed E-state index contributed by atoms with van der Waals surface area (Å²) in [4.78, 5) is 20.4. The number of nitrogens with two attached hydrogens (primary N) is 2. The average molecular weight is 378 g/mol. The standard InChI is InChI=1S/C16H18N4O7/c17-13-3-1-11(19(21)22)9-15(13)26-7-5-25-6-8-27-16-10-12(20(23)24)2-4-14(16)18/h1-4,9-10H,5-8,17-18H2. The van der Waals surface area contributed by atoms with E-state index in [9.17, 15) is 20.2 Å². The van der Waals surface area contributed by atoms with Crippen LogP contribution in [-0.2, 0) is 4.74 Å². The molecule has 0 aliphatic carbocycles. The van der Waals surface area contributed by atoms with Gasteiger partial charge < -0.3 is 25.7 Å². The molecule has 2 aromatic rings. The van der Waals surface area contributed by atoms with Crippen LogP contribution in [-0.4, -0.2) is 36.3 Å². The Morgan fingerprint density at radius 3 is 1.52 bits per heavy atom. The zero-order valence-electron chi connectivity index (χ0n) is 14.2. The van der Waals surface area contributed by atoms with Gasteiger partial charge in [-0.2, -0.15) is 0 Å². The highest BCUT2D eigenvalue weighted by atomic mass is 16.6. The molecule has 0 spiro atoms. The van der Waals surface area contributed by atoms with Gasteiger partial charge in [-0.15, -0.1) is 0 Å². The lowest BCUT2D eigenvalue weighted by Crippen LogP contribution is -2.13. The first-order valence-corrected chi connectivity index (χ1v) is 7.79. The normalized spacial score (nSPS) is 10.4. The second-order valence-electron chi connectivity index (χ2n) is 5.27. The van der Waals surface area contributed by atoms with Gasteiger partial charge in [-0.1, -0.05) is 0 Å². The number of hydrogen-bond acceptors (Lipinski definition) is 9. The fourth-order valence-corrected chi connectivity index (χ4v) is 2.05. The van der Waals surface area contributed by atoms with Crippen molar-refractivity contribution in [2.45, 2.75) is 0 Å². The quantitative estimate of drug-likeness (QED) is 0.272. The number of nitro benzene ring substituents is 2. The van der Waals surface area contributed by atoms with Crippen molar-refractivity contribution in [1.29, 1.82) is 0 Å². The Morgan fingerprint density at radius 2 is 1.15 bits per heavy atom. The van der Waals surface area contributed by atoms with E-state index in [0.717, 1.165) is 0 Å². The predicted octanol–water partition coefficient (Wildman–Crippen LogP) is 2.14. The molecule has 0 fully saturated rings. The van der Waals surface area contributed by atoms with E-state index in [4.69, 9.17) is 25.7 Å². The Kier molecular flexibility index (Phi) is 6.72. The Balaban J connectivity index is 1.71. The molecule has 0 unspecified atom stereocenters. The molecule has 0 aliphatic rings. The summed E-state index contributed by atoms with van der Waals surface area (Å²) in [5.41, 5.74) is 11.7. The fourth-order valence-electron chi connectivity index (χ4n) is 2.05. The number of nitrogens with zero attached hydrogens (tertiary/aromatic N) is 2. The molecular weight excluding hydrogens is 360 g/mol. The van der Waals surface area contributed by atoms with Gasteiger partial charge in [0.25, 0.3) is 11.4 Å². The van der Waals surface area contributed by atoms with E-state index in [1.54, 1.807) is 0 Å². The van der Waals surface area contributed by atoms with Gasteiger partial charge in [-0.05, 0) is 12.1 Å². The van der Waals surface area contributed by atoms with Crippen LogP contribution in [0.5, 0.6) is 11.5 Å². The number of benzene rings is 2. The number of ether oxygens (including phenoxy) is 3. The molecule has 0 aliphatic heterocycles. The Morgan fingerprint density at radius 1 is 0.741 bits per heavy atom. The third-order valence-electron chi connectivity index (χ3n) is 3.39. The van der Waals surface area contributed by atoms with Crippen LogP contribution in [0.1, 0.15) is 0 Å². The molecule has 0 aromatic heterocycles. The highest BCUT2D eigenvalue weighted by Crippen LogP contribution is 2.27. The van der Waals surface area contributed by atoms with E-state index in [0.29, 0.717) is 0 Å². The SMILES string of the molecule is Nc1ccc([N+](=O)[O-])cc1OCCOCCOc1cc([N+](=O)[O-])ccc1N. The van der Waals surface area contributed by atoms with E-state index in [-0.39, 0.29) is 60.7 Å². The van der Waals surface area contributed by atoms with Gasteiger partial charge in [0.1, 0.15) is 24.7 Å². The van der Waals surface area contributed by atoms with Crippen molar-refractivity contribution in [3.63, 3.8) is 0 Å². The Labute approximate surface area is 153 Å². The van der Waals surface area contributed by atoms with E-state index >= 15 is 0 Å². The van der Waals surface area contributed by atoms with Gasteiger partial charge in [-0.3, -0.25) is 20.2 Å². The molecule has 2 aromatic carbocycles. The highest BCUT2D eigenvalue weighted by Gasteiger charge is 2.11. The molecule has 11 nitrogen and oxygen atoms in total. The zero-order valence-corrected chi connectivity index (χ0v) is 14.2. The Bertz CT molecular complexity index is 761. The molecule has 0 bridgehead atoms. The van der Waals surface area contributed by atoms with Crippen molar-refractivity contribution in [1.82, 2.24) is 0 Å². The summed E-state index contributed by atoms with van der Waals surface area (Å²) in [5.74, 6) is 0.404. The molecule has 11 heteroatoms. The average Bonchev–Trinajstić information content (AvgIpc) is 2.63. The maximum atomic E-state index is 10.7. The van der Waals surface area contributed by atoms with Crippen LogP contribution in [0, 0.1) is 20.2 Å². The second-order valence-corrected chi connectivity index (χ2v) is 5.27. The lowest BCUT2D eigenvalue weighted by molar-refractivity contribution is -0.385. The molecule has 27 heavy (non-hydrogen) atoms. The molecule has 2 rings (SSSR count). The van der Waals surface area contributed by atoms with Crippen LogP contribution in [0.4, 0.5) is 22.7 Å². The lowest BCUT2D eigenvalue weighted by Gasteiger charge is -2.10. The highest BCUT2D eigenvalue weighted by molar-refractivity contribution is 5.58. The van der Waals surface area contributed by atoms with Crippen molar-refractivity contribution < 1.29 is 24.1 Å². The largest absolute Gasteiger partial charge is 0.489 e. The first kappa shape index (κ1) is 19.7. The number of non-ortho nitro benzene ring substituents is 2. The first-order chi connectivity index (χ1) is 12.9. The number of anilines is 2. The number of hydrogen-bond donors (Lipinski definition) is 2. The van der Waals surface area contributed by atoms with Crippen molar-refractivity contribution in [3.8, 4) is 11.5 Å². The minimum atomic E-state index is -0.542. The molecule has 0 saturated carbocycles. The smallest absolute Gasteiger partial charge is 0.273 e. The maximum Gasteiger partial charge on any atom is 0.273 e. The van der Waals surface area contributed by atoms with Crippen molar-refractivity contribution in [2.75, 3.05) is 37.9 Å². The summed E-state index contributed by atoms with van der Waals surface area (Å²) in [6.07, 6.45) is 0. The lowest BCUT2D eigenvalue weighted by atomic mass is 10.2. The van der Waals surface area contributed by atoms with E-state index in [1.807, 2.05) is 0 Å². The summed E-state index contributed by atoms with van der Waals surface area (Å²) in [6, 6.07) is 7.84. The van der Waals surface area contributed by atoms with Gasteiger partial charge in [0.05, 0.1) is 46.6 Å². The van der Waals surface area contributed by atoms with Crippen LogP contribution in [0.3, 0.4) is 0 Å². The van der Waals surface area contributed by atoms with Crippen LogP contribution >= 0.6 is 0 Å². The van der Waals surface area contributed by atoms with Gasteiger partial charge >= 0.3 is 0 Å². The summed E-state index contributed by atoms with van der Waals surface area (Å²) in [5, 5.41) is 21.5. The molecule has 0 saturated heterocycles. The maximum absolute atomic E-state index is 10.7. The summed E-state index contributed by atoms with van der Waals surface area (Å²) in [7, 11) is 0. The van der Waals surface area contributed by atoms with Crippen LogP contribution < -0.4 is 20.9 Å². The Hall–Kier alpha value is -3.60. The third-order valence-corrected chi connectivity index (χ3v) is 3.39. The van der Waals surface area contributed by atoms with E-state index in [2.05, 4.69) is 0 Å². The molecule has 144 valence electrons. The molecule has 0 heterocycles. The molecule has 0 radical (unpaired) electrons. The summed E-state index contributed by atoms with van der Waals surface area (Å²) >= 11 is 0. The second kappa shape index (κ2) is 9.20. The van der Waals surface area contributed by atoms with Gasteiger partial charge in [0.15, 0.2) is 0 Å². The van der Waals surface area contributed by atoms with E-state index in [1.165, 1.54) is 36.4 Å². The summed E-state index contributed by atoms with van der Waals surface area (Å²) < 4.78 is 16.0. The minimum Gasteiger partial charge on any atom is -0.489 e. The molecule has 0 amide bonds. The van der Waals surface area contributed by atoms with Gasteiger partial charge in [-0.25, -0.2) is 0 Å². The van der Waals surface area contributed by atoms with E-state index < -0.39 is 9.85 Å². The van der Waals surface area contributed by atoms with Crippen molar-refractivity contribution in [3.05, 3.63) is 56.6 Å². The first-order valence-electron chi connectivity index (χ1n) is 7.79.